The number of hydrogen-bond acceptors (Lipinski definition) is 7. The zero-order valence-corrected chi connectivity index (χ0v) is 59.2. The van der Waals surface area contributed by atoms with E-state index in [0.717, 1.165) is 116 Å². The van der Waals surface area contributed by atoms with Gasteiger partial charge in [-0.25, -0.2) is 4.79 Å². The fourth-order valence-electron chi connectivity index (χ4n) is 10.0. The van der Waals surface area contributed by atoms with Crippen LogP contribution in [0.4, 0.5) is 0 Å². The lowest BCUT2D eigenvalue weighted by Gasteiger charge is -2.25. The van der Waals surface area contributed by atoms with Crippen LogP contribution < -0.4 is 0 Å². The first-order valence-corrected chi connectivity index (χ1v) is 37.0. The largest absolute Gasteiger partial charge is 0.477 e. The Balaban J connectivity index is 4.11. The summed E-state index contributed by atoms with van der Waals surface area (Å²) in [7, 11) is 5.98. The number of esters is 2. The van der Waals surface area contributed by atoms with Crippen molar-refractivity contribution in [3.8, 4) is 0 Å². The summed E-state index contributed by atoms with van der Waals surface area (Å²) in [6.07, 6.45) is 101. The van der Waals surface area contributed by atoms with Crippen molar-refractivity contribution in [1.29, 1.82) is 0 Å². The molecule has 2 unspecified atom stereocenters. The molecule has 0 spiro atoms. The predicted molar refractivity (Wildman–Crippen MR) is 391 cm³/mol. The van der Waals surface area contributed by atoms with Crippen molar-refractivity contribution in [1.82, 2.24) is 0 Å². The van der Waals surface area contributed by atoms with Gasteiger partial charge in [0, 0.05) is 12.8 Å². The van der Waals surface area contributed by atoms with Gasteiger partial charge in [0.2, 0.25) is 0 Å². The van der Waals surface area contributed by atoms with Crippen LogP contribution in [0.15, 0.2) is 146 Å². The molecule has 0 saturated carbocycles. The smallest absolute Gasteiger partial charge is 0.361 e. The minimum absolute atomic E-state index is 0.182. The van der Waals surface area contributed by atoms with Crippen molar-refractivity contribution in [3.63, 3.8) is 0 Å². The molecule has 9 heteroatoms. The number of carboxylic acid groups (broad SMARTS) is 1. The van der Waals surface area contributed by atoms with Gasteiger partial charge in [-0.05, 0) is 116 Å². The van der Waals surface area contributed by atoms with E-state index in [4.69, 9.17) is 18.9 Å². The number of unbranched alkanes of at least 4 members (excludes halogenated alkanes) is 28. The number of allylic oxidation sites excluding steroid dienone is 24. The van der Waals surface area contributed by atoms with Gasteiger partial charge in [0.1, 0.15) is 13.2 Å². The summed E-state index contributed by atoms with van der Waals surface area (Å²) in [5, 5.41) is 9.76. The Morgan fingerprint density at radius 2 is 0.593 bits per heavy atom. The molecular weight excluding hydrogens is 1130 g/mol. The molecule has 0 bridgehead atoms. The number of carboxylic acids is 1. The summed E-state index contributed by atoms with van der Waals surface area (Å²) in [4.78, 5) is 37.7. The van der Waals surface area contributed by atoms with Crippen molar-refractivity contribution >= 4 is 17.9 Å². The Kier molecular flexibility index (Phi) is 67.3. The van der Waals surface area contributed by atoms with Crippen LogP contribution >= 0.6 is 0 Å². The van der Waals surface area contributed by atoms with E-state index in [1.807, 2.05) is 21.1 Å². The summed E-state index contributed by atoms with van der Waals surface area (Å²) in [6.45, 7) is 4.66. The topological polar surface area (TPSA) is 108 Å². The van der Waals surface area contributed by atoms with Crippen LogP contribution in [0, 0.1) is 0 Å². The van der Waals surface area contributed by atoms with Crippen LogP contribution in [0.2, 0.25) is 0 Å². The highest BCUT2D eigenvalue weighted by Crippen LogP contribution is 2.17. The highest BCUT2D eigenvalue weighted by molar-refractivity contribution is 5.71. The number of likely N-dealkylation sites (N-methyl/N-ethyl adjacent to an activating group) is 1. The zero-order valence-electron chi connectivity index (χ0n) is 59.2. The first-order valence-electron chi connectivity index (χ1n) is 37.0. The minimum Gasteiger partial charge on any atom is -0.477 e. The number of rotatable bonds is 67. The van der Waals surface area contributed by atoms with Gasteiger partial charge >= 0.3 is 17.9 Å². The average Bonchev–Trinajstić information content (AvgIpc) is 3.50. The molecule has 518 valence electrons. The highest BCUT2D eigenvalue weighted by atomic mass is 16.7. The van der Waals surface area contributed by atoms with Crippen molar-refractivity contribution < 1.29 is 42.9 Å². The molecule has 0 aromatic rings. The van der Waals surface area contributed by atoms with Gasteiger partial charge in [-0.1, -0.05) is 314 Å². The van der Waals surface area contributed by atoms with Crippen LogP contribution in [0.3, 0.4) is 0 Å². The van der Waals surface area contributed by atoms with Crippen molar-refractivity contribution in [2.75, 3.05) is 47.5 Å². The van der Waals surface area contributed by atoms with Crippen LogP contribution in [0.25, 0.3) is 0 Å². The third-order valence-electron chi connectivity index (χ3n) is 15.6. The third kappa shape index (κ3) is 72.5. The molecule has 0 aliphatic heterocycles. The molecule has 1 N–H and O–H groups in total. The molecule has 0 aliphatic carbocycles. The van der Waals surface area contributed by atoms with E-state index in [1.54, 1.807) is 0 Å². The number of hydrogen-bond donors (Lipinski definition) is 1. The average molecular weight is 1270 g/mol. The summed E-state index contributed by atoms with van der Waals surface area (Å²) in [5.41, 5.74) is 0. The highest BCUT2D eigenvalue weighted by Gasteiger charge is 2.25. The van der Waals surface area contributed by atoms with Gasteiger partial charge in [-0.2, -0.15) is 0 Å². The van der Waals surface area contributed by atoms with Gasteiger partial charge in [-0.15, -0.1) is 0 Å². The number of quaternary nitrogens is 1. The molecule has 0 rings (SSSR count). The number of carbonyl (C=O) groups is 3. The van der Waals surface area contributed by atoms with E-state index < -0.39 is 24.3 Å². The van der Waals surface area contributed by atoms with Crippen molar-refractivity contribution in [2.45, 2.75) is 309 Å². The number of nitrogens with zero attached hydrogens (tertiary/aromatic N) is 1. The lowest BCUT2D eigenvalue weighted by atomic mass is 10.0. The number of ether oxygens (including phenoxy) is 4. The van der Waals surface area contributed by atoms with Gasteiger partial charge in [0.05, 0.1) is 34.4 Å². The quantitative estimate of drug-likeness (QED) is 0.0211. The van der Waals surface area contributed by atoms with Gasteiger partial charge in [0.15, 0.2) is 6.10 Å². The predicted octanol–water partition coefficient (Wildman–Crippen LogP) is 23.5. The lowest BCUT2D eigenvalue weighted by molar-refractivity contribution is -0.870. The Bertz CT molecular complexity index is 2010. The summed E-state index contributed by atoms with van der Waals surface area (Å²) in [6, 6.07) is 0. The van der Waals surface area contributed by atoms with E-state index in [-0.39, 0.29) is 32.2 Å². The Morgan fingerprint density at radius 1 is 0.330 bits per heavy atom. The number of aliphatic carboxylic acids is 1. The maximum absolute atomic E-state index is 13.0. The SMILES string of the molecule is CC/C=C\C/C=C\C/C=C\C/C=C\C/C=C\C/C=C\C/C=C\C/C=C\CCCCCCCCCCCCCCC(=O)OC(COC(=O)CCCCCCCCCCCCCCCCCC/C=C\C/C=C\C/C=C\C/C=C\CC)COC(OCC[N+](C)(C)C)C(=O)O. The third-order valence-corrected chi connectivity index (χ3v) is 15.6. The maximum atomic E-state index is 13.0. The standard InChI is InChI=1S/C82H137NO8/c1-6-8-10-12-14-16-18-20-22-24-26-28-30-32-34-36-37-38-39-40-41-42-43-45-47-49-51-53-55-57-59-61-63-65-67-69-71-73-80(85)91-78(77-90-82(81(86)87)88-75-74-83(3,4)5)76-89-79(84)72-70-68-66-64-62-60-58-56-54-52-50-48-46-44-35-33-31-29-27-25-23-21-19-17-15-13-11-9-7-2/h8-11,14-17,20-23,26-29,32,34,37-38,40-41,43,45,78,82H,6-7,12-13,18-19,24-25,30-31,33,35-36,39,42,44,46-77H2,1-5H3/p+1/b10-8-,11-9-,16-14-,17-15-,22-20-,23-21-,28-26-,29-27-,34-32-,38-37-,41-40-,45-43-. The molecule has 0 radical (unpaired) electrons. The van der Waals surface area contributed by atoms with Gasteiger partial charge in [-0.3, -0.25) is 9.59 Å². The molecule has 9 nitrogen and oxygen atoms in total. The van der Waals surface area contributed by atoms with Crippen LogP contribution in [0.5, 0.6) is 0 Å². The normalized spacial score (nSPS) is 13.5. The Labute approximate surface area is 560 Å². The fourth-order valence-corrected chi connectivity index (χ4v) is 10.0. The molecule has 0 aliphatic rings. The second kappa shape index (κ2) is 71.0. The van der Waals surface area contributed by atoms with Crippen LogP contribution in [-0.2, 0) is 33.3 Å². The molecule has 0 aromatic carbocycles. The fraction of sp³-hybridized carbons (Fsp3) is 0.671. The number of carbonyl (C=O) groups excluding carboxylic acids is 2. The van der Waals surface area contributed by atoms with Crippen LogP contribution in [0.1, 0.15) is 296 Å². The first kappa shape index (κ1) is 86.2. The first-order chi connectivity index (χ1) is 44.6. The summed E-state index contributed by atoms with van der Waals surface area (Å²) >= 11 is 0. The summed E-state index contributed by atoms with van der Waals surface area (Å²) in [5.74, 6) is -2.01. The molecule has 0 heterocycles. The minimum atomic E-state index is -1.52. The van der Waals surface area contributed by atoms with Crippen molar-refractivity contribution in [3.05, 3.63) is 146 Å². The molecule has 91 heavy (non-hydrogen) atoms. The van der Waals surface area contributed by atoms with Gasteiger partial charge < -0.3 is 28.5 Å². The summed E-state index contributed by atoms with van der Waals surface area (Å²) < 4.78 is 23.0. The molecule has 0 saturated heterocycles. The molecule has 0 amide bonds. The van der Waals surface area contributed by atoms with E-state index in [2.05, 4.69) is 160 Å². The van der Waals surface area contributed by atoms with E-state index in [1.165, 1.54) is 148 Å². The molecule has 2 atom stereocenters. The monoisotopic (exact) mass is 1270 g/mol. The van der Waals surface area contributed by atoms with Crippen LogP contribution in [-0.4, -0.2) is 87.4 Å². The van der Waals surface area contributed by atoms with E-state index in [0.29, 0.717) is 23.9 Å². The lowest BCUT2D eigenvalue weighted by Crippen LogP contribution is -2.40. The Hall–Kier alpha value is -4.83. The second-order valence-corrected chi connectivity index (χ2v) is 25.5. The molecular formula is C82H138NO8+. The zero-order chi connectivity index (χ0) is 66.1. The molecule has 0 fully saturated rings. The second-order valence-electron chi connectivity index (χ2n) is 25.5. The Morgan fingerprint density at radius 3 is 0.879 bits per heavy atom. The van der Waals surface area contributed by atoms with E-state index >= 15 is 0 Å². The molecule has 0 aromatic heterocycles. The maximum Gasteiger partial charge on any atom is 0.361 e. The van der Waals surface area contributed by atoms with E-state index in [9.17, 15) is 19.5 Å². The van der Waals surface area contributed by atoms with Crippen molar-refractivity contribution in [2.24, 2.45) is 0 Å². The van der Waals surface area contributed by atoms with Gasteiger partial charge in [0.25, 0.3) is 6.29 Å².